The van der Waals surface area contributed by atoms with E-state index in [1.165, 1.54) is 36.9 Å². The largest absolute Gasteiger partial charge is 0.484 e. The number of rotatable bonds is 10. The van der Waals surface area contributed by atoms with Gasteiger partial charge < -0.3 is 24.1 Å². The molecule has 0 spiro atoms. The number of anilines is 1. The summed E-state index contributed by atoms with van der Waals surface area (Å²) in [5.41, 5.74) is 3.84. The van der Waals surface area contributed by atoms with Crippen molar-refractivity contribution < 1.29 is 33.2 Å². The minimum atomic E-state index is -0.763. The number of aryl methyl sites for hydroxylation is 1. The normalized spacial score (nSPS) is 12.6. The molecule has 12 nitrogen and oxygen atoms in total. The summed E-state index contributed by atoms with van der Waals surface area (Å²) in [7, 11) is 1.53. The van der Waals surface area contributed by atoms with Crippen LogP contribution >= 0.6 is 11.3 Å². The minimum absolute atomic E-state index is 0.00827. The molecule has 0 saturated carbocycles. The van der Waals surface area contributed by atoms with Crippen molar-refractivity contribution >= 4 is 44.4 Å². The van der Waals surface area contributed by atoms with Crippen LogP contribution in [-0.4, -0.2) is 68.7 Å². The van der Waals surface area contributed by atoms with Crippen LogP contribution in [0.15, 0.2) is 42.9 Å². The van der Waals surface area contributed by atoms with Gasteiger partial charge in [-0.15, -0.1) is 11.3 Å². The van der Waals surface area contributed by atoms with Crippen LogP contribution in [0, 0.1) is 12.7 Å². The maximum atomic E-state index is 15.0. The van der Waals surface area contributed by atoms with Crippen LogP contribution in [0.1, 0.15) is 19.4 Å². The molecule has 0 aliphatic rings. The molecular formula is C28H27FN6O6S. The number of hydrogen-bond donors (Lipinski definition) is 2. The molecule has 0 aliphatic heterocycles. The van der Waals surface area contributed by atoms with Crippen molar-refractivity contribution in [1.29, 1.82) is 0 Å². The molecule has 14 heteroatoms. The van der Waals surface area contributed by atoms with Gasteiger partial charge >= 0.3 is 12.1 Å². The molecule has 3 heterocycles. The number of fused-ring (bicyclic) bond motifs is 2. The molecule has 5 aromatic rings. The highest BCUT2D eigenvalue weighted by Gasteiger charge is 2.18. The van der Waals surface area contributed by atoms with Gasteiger partial charge in [0.05, 0.1) is 59.2 Å². The van der Waals surface area contributed by atoms with Crippen molar-refractivity contribution in [1.82, 2.24) is 24.9 Å². The second-order valence-electron chi connectivity index (χ2n) is 9.38. The Morgan fingerprint density at radius 1 is 1.02 bits per heavy atom. The Hall–Kier alpha value is -4.69. The lowest BCUT2D eigenvalue weighted by Gasteiger charge is -2.15. The zero-order valence-corrected chi connectivity index (χ0v) is 23.9. The van der Waals surface area contributed by atoms with E-state index in [2.05, 4.69) is 30.2 Å². The summed E-state index contributed by atoms with van der Waals surface area (Å²) in [5.74, 6) is -0.177. The van der Waals surface area contributed by atoms with Crippen molar-refractivity contribution in [2.24, 2.45) is 0 Å². The summed E-state index contributed by atoms with van der Waals surface area (Å²) in [6.45, 7) is 4.93. The topological polar surface area (TPSA) is 151 Å². The summed E-state index contributed by atoms with van der Waals surface area (Å²) in [5, 5.41) is 12.2. The number of aromatic nitrogens is 5. The van der Waals surface area contributed by atoms with E-state index in [1.807, 2.05) is 19.1 Å². The molecule has 2 atom stereocenters. The molecule has 1 amide bonds. The second kappa shape index (κ2) is 12.4. The zero-order valence-electron chi connectivity index (χ0n) is 23.1. The summed E-state index contributed by atoms with van der Waals surface area (Å²) in [4.78, 5) is 33.7. The molecule has 0 bridgehead atoms. The van der Waals surface area contributed by atoms with Crippen molar-refractivity contribution in [2.75, 3.05) is 25.6 Å². The van der Waals surface area contributed by atoms with Crippen LogP contribution in [0.4, 0.5) is 14.9 Å². The lowest BCUT2D eigenvalue weighted by Crippen LogP contribution is -2.24. The predicted octanol–water partition coefficient (Wildman–Crippen LogP) is 4.93. The fourth-order valence-electron chi connectivity index (χ4n) is 3.90. The number of ether oxygens (including phenoxy) is 4. The highest BCUT2D eigenvalue weighted by Crippen LogP contribution is 2.37. The van der Waals surface area contributed by atoms with Gasteiger partial charge in [-0.05, 0) is 38.5 Å². The highest BCUT2D eigenvalue weighted by atomic mass is 32.1. The quantitative estimate of drug-likeness (QED) is 0.227. The van der Waals surface area contributed by atoms with E-state index in [-0.39, 0.29) is 30.7 Å². The summed E-state index contributed by atoms with van der Waals surface area (Å²) < 4.78 is 37.1. The van der Waals surface area contributed by atoms with Gasteiger partial charge in [-0.3, -0.25) is 5.32 Å². The summed E-state index contributed by atoms with van der Waals surface area (Å²) in [6.07, 6.45) is 2.33. The van der Waals surface area contributed by atoms with Gasteiger partial charge in [-0.2, -0.15) is 0 Å². The third kappa shape index (κ3) is 6.61. The number of aliphatic hydroxyl groups excluding tert-OH is 1. The fraction of sp³-hybridized carbons (Fsp3) is 0.286. The van der Waals surface area contributed by atoms with Crippen LogP contribution in [-0.2, 0) is 4.74 Å². The van der Waals surface area contributed by atoms with E-state index in [1.54, 1.807) is 26.1 Å². The average molecular weight is 595 g/mol. The average Bonchev–Trinajstić information content (AvgIpc) is 3.38. The monoisotopic (exact) mass is 594 g/mol. The van der Waals surface area contributed by atoms with Gasteiger partial charge in [0.2, 0.25) is 5.88 Å². The number of nitrogens with one attached hydrogen (secondary N) is 1. The number of aliphatic hydroxyl groups is 1. The minimum Gasteiger partial charge on any atom is -0.484 e. The Labute approximate surface area is 243 Å². The van der Waals surface area contributed by atoms with E-state index < -0.39 is 24.1 Å². The number of carbonyl (C=O) groups excluding carboxylic acids is 1. The third-order valence-electron chi connectivity index (χ3n) is 5.87. The van der Waals surface area contributed by atoms with E-state index in [0.717, 1.165) is 11.1 Å². The van der Waals surface area contributed by atoms with Crippen molar-refractivity contribution in [2.45, 2.75) is 33.0 Å². The number of carbonyl (C=O) groups is 1. The molecule has 0 unspecified atom stereocenters. The first-order chi connectivity index (χ1) is 20.2. The number of hydrogen-bond acceptors (Lipinski definition) is 12. The van der Waals surface area contributed by atoms with Gasteiger partial charge in [0.15, 0.2) is 11.6 Å². The van der Waals surface area contributed by atoms with E-state index in [4.69, 9.17) is 24.1 Å². The Morgan fingerprint density at radius 3 is 2.55 bits per heavy atom. The van der Waals surface area contributed by atoms with Crippen molar-refractivity contribution in [3.05, 3.63) is 54.2 Å². The zero-order chi connectivity index (χ0) is 29.8. The van der Waals surface area contributed by atoms with Crippen LogP contribution in [0.2, 0.25) is 0 Å². The molecule has 5 rings (SSSR count). The van der Waals surface area contributed by atoms with Gasteiger partial charge in [0, 0.05) is 17.7 Å². The van der Waals surface area contributed by atoms with Crippen LogP contribution in [0.25, 0.3) is 31.8 Å². The predicted molar refractivity (Wildman–Crippen MR) is 154 cm³/mol. The molecule has 0 aliphatic carbocycles. The first-order valence-electron chi connectivity index (χ1n) is 12.8. The lowest BCUT2D eigenvalue weighted by atomic mass is 10.1. The maximum Gasteiger partial charge on any atom is 0.411 e. The molecule has 218 valence electrons. The molecule has 42 heavy (non-hydrogen) atoms. The van der Waals surface area contributed by atoms with E-state index >= 15 is 0 Å². The summed E-state index contributed by atoms with van der Waals surface area (Å²) >= 11 is 1.37. The Bertz CT molecular complexity index is 1730. The lowest BCUT2D eigenvalue weighted by molar-refractivity contribution is 0.0969. The molecule has 0 fully saturated rings. The Kier molecular flexibility index (Phi) is 8.54. The fourth-order valence-corrected chi connectivity index (χ4v) is 4.89. The number of methoxy groups -OCH3 is 1. The first kappa shape index (κ1) is 28.8. The van der Waals surface area contributed by atoms with E-state index in [9.17, 15) is 9.18 Å². The SMILES string of the molecule is COc1cnc2c(-c3nc4cc(F)c(O[C@@H](C)COC(=O)Nc5cnc(O[C@H](C)CO)nc5)cc4s3)cc(C)cc2n1. The standard InChI is InChI=1S/C28H27FN6O6S/c1-14-5-18(25-21(6-14)34-24(38-4)11-30-25)26-35-20-7-19(29)22(8-23(20)42-26)40-16(3)13-39-28(37)33-17-9-31-27(32-10-17)41-15(2)12-36/h5-11,15-16,36H,12-13H2,1-4H3,(H,33,37)/t15-,16+/m1/s1. The van der Waals surface area contributed by atoms with Crippen molar-refractivity contribution in [3.63, 3.8) is 0 Å². The molecule has 0 saturated heterocycles. The van der Waals surface area contributed by atoms with Crippen LogP contribution in [0.5, 0.6) is 17.6 Å². The van der Waals surface area contributed by atoms with Gasteiger partial charge in [0.25, 0.3) is 0 Å². The Balaban J connectivity index is 1.24. The molecule has 2 aromatic carbocycles. The number of benzene rings is 2. The van der Waals surface area contributed by atoms with Gasteiger partial charge in [-0.1, -0.05) is 0 Å². The third-order valence-corrected chi connectivity index (χ3v) is 6.92. The second-order valence-corrected chi connectivity index (χ2v) is 10.4. The van der Waals surface area contributed by atoms with Gasteiger partial charge in [0.1, 0.15) is 23.8 Å². The molecule has 0 radical (unpaired) electrons. The molecule has 3 aromatic heterocycles. The smallest absolute Gasteiger partial charge is 0.411 e. The van der Waals surface area contributed by atoms with Gasteiger partial charge in [-0.25, -0.2) is 34.1 Å². The number of halogens is 1. The first-order valence-corrected chi connectivity index (χ1v) is 13.7. The van der Waals surface area contributed by atoms with Crippen molar-refractivity contribution in [3.8, 4) is 28.2 Å². The van der Waals surface area contributed by atoms with Crippen LogP contribution < -0.4 is 19.5 Å². The molecule has 2 N–H and O–H groups in total. The number of thiazole rings is 1. The van der Waals surface area contributed by atoms with E-state index in [0.29, 0.717) is 32.1 Å². The Morgan fingerprint density at radius 2 is 1.81 bits per heavy atom. The highest BCUT2D eigenvalue weighted by molar-refractivity contribution is 7.21. The maximum absolute atomic E-state index is 15.0. The molecular weight excluding hydrogens is 567 g/mol. The number of amides is 1. The summed E-state index contributed by atoms with van der Waals surface area (Å²) in [6, 6.07) is 6.83. The number of nitrogens with zero attached hydrogens (tertiary/aromatic N) is 5. The van der Waals surface area contributed by atoms with Crippen LogP contribution in [0.3, 0.4) is 0 Å².